The number of nitrogens with zero attached hydrogens (tertiary/aromatic N) is 4. The van der Waals surface area contributed by atoms with Crippen molar-refractivity contribution >= 4 is 11.7 Å². The van der Waals surface area contributed by atoms with Gasteiger partial charge in [0.1, 0.15) is 5.82 Å². The maximum absolute atomic E-state index is 13.1. The van der Waals surface area contributed by atoms with Gasteiger partial charge in [-0.2, -0.15) is 0 Å². The van der Waals surface area contributed by atoms with Crippen LogP contribution in [0.4, 0.5) is 5.82 Å². The predicted octanol–water partition coefficient (Wildman–Crippen LogP) is 4.33. The molecule has 5 nitrogen and oxygen atoms in total. The number of amides is 1. The highest BCUT2D eigenvalue weighted by Gasteiger charge is 2.28. The maximum Gasteiger partial charge on any atom is 0.254 e. The fourth-order valence-electron chi connectivity index (χ4n) is 4.42. The zero-order chi connectivity index (χ0) is 20.3. The van der Waals surface area contributed by atoms with Gasteiger partial charge in [0.25, 0.3) is 5.91 Å². The fourth-order valence-corrected chi connectivity index (χ4v) is 4.42. The largest absolute Gasteiger partial charge is 0.356 e. The minimum absolute atomic E-state index is 0.0815. The number of benzene rings is 2. The molecule has 1 fully saturated rings. The van der Waals surface area contributed by atoms with E-state index in [1.165, 1.54) is 19.3 Å². The summed E-state index contributed by atoms with van der Waals surface area (Å²) >= 11 is 0. The van der Waals surface area contributed by atoms with E-state index in [2.05, 4.69) is 17.0 Å². The molecule has 0 atom stereocenters. The SMILES string of the molecule is O=C(c1ccccc1)N1CCc2nc(-c3ccccc3)nc(N3CCCCC3)c2C1. The van der Waals surface area contributed by atoms with Crippen molar-refractivity contribution in [3.8, 4) is 11.4 Å². The van der Waals surface area contributed by atoms with Crippen LogP contribution in [0.15, 0.2) is 60.7 Å². The second kappa shape index (κ2) is 8.27. The molecule has 2 aliphatic rings. The summed E-state index contributed by atoms with van der Waals surface area (Å²) in [6, 6.07) is 19.7. The molecular weight excluding hydrogens is 372 g/mol. The van der Waals surface area contributed by atoms with E-state index in [-0.39, 0.29) is 5.91 Å². The number of hydrogen-bond donors (Lipinski definition) is 0. The standard InChI is InChI=1S/C25H26N4O/c30-25(20-12-6-2-7-13-20)29-17-14-22-21(18-29)24(28-15-8-3-9-16-28)27-23(26-22)19-10-4-1-5-11-19/h1-2,4-7,10-13H,3,8-9,14-18H2. The fraction of sp³-hybridized carbons (Fsp3) is 0.320. The van der Waals surface area contributed by atoms with Crippen LogP contribution in [0.5, 0.6) is 0 Å². The summed E-state index contributed by atoms with van der Waals surface area (Å²) in [5, 5.41) is 0. The summed E-state index contributed by atoms with van der Waals surface area (Å²) in [7, 11) is 0. The first kappa shape index (κ1) is 18.8. The van der Waals surface area contributed by atoms with Gasteiger partial charge in [0.2, 0.25) is 0 Å². The zero-order valence-corrected chi connectivity index (χ0v) is 17.1. The van der Waals surface area contributed by atoms with E-state index in [4.69, 9.17) is 9.97 Å². The number of rotatable bonds is 3. The Bertz CT molecular complexity index is 1030. The first-order valence-corrected chi connectivity index (χ1v) is 10.8. The first-order valence-electron chi connectivity index (χ1n) is 10.8. The minimum Gasteiger partial charge on any atom is -0.356 e. The molecule has 0 aliphatic carbocycles. The number of anilines is 1. The molecular formula is C25H26N4O. The van der Waals surface area contributed by atoms with Crippen molar-refractivity contribution in [3.63, 3.8) is 0 Å². The van der Waals surface area contributed by atoms with E-state index in [0.717, 1.165) is 53.5 Å². The molecule has 152 valence electrons. The van der Waals surface area contributed by atoms with Gasteiger partial charge < -0.3 is 9.80 Å². The number of carbonyl (C=O) groups is 1. The Morgan fingerprint density at radius 3 is 2.23 bits per heavy atom. The zero-order valence-electron chi connectivity index (χ0n) is 17.1. The predicted molar refractivity (Wildman–Crippen MR) is 118 cm³/mol. The Hall–Kier alpha value is -3.21. The highest BCUT2D eigenvalue weighted by atomic mass is 16.2. The van der Waals surface area contributed by atoms with Gasteiger partial charge in [-0.1, -0.05) is 48.5 Å². The Balaban J connectivity index is 1.53. The number of fused-ring (bicyclic) bond motifs is 1. The summed E-state index contributed by atoms with van der Waals surface area (Å²) < 4.78 is 0. The summed E-state index contributed by atoms with van der Waals surface area (Å²) in [5.74, 6) is 1.89. The van der Waals surface area contributed by atoms with Crippen LogP contribution in [0.25, 0.3) is 11.4 Å². The molecule has 1 saturated heterocycles. The third-order valence-corrected chi connectivity index (χ3v) is 6.03. The van der Waals surface area contributed by atoms with E-state index in [0.29, 0.717) is 13.1 Å². The van der Waals surface area contributed by atoms with Gasteiger partial charge in [0.05, 0.1) is 12.2 Å². The van der Waals surface area contributed by atoms with E-state index < -0.39 is 0 Å². The van der Waals surface area contributed by atoms with Crippen LogP contribution in [-0.4, -0.2) is 40.4 Å². The summed E-state index contributed by atoms with van der Waals surface area (Å²) in [6.45, 7) is 3.30. The van der Waals surface area contributed by atoms with Crippen molar-refractivity contribution in [2.45, 2.75) is 32.2 Å². The van der Waals surface area contributed by atoms with Crippen LogP contribution in [0.2, 0.25) is 0 Å². The van der Waals surface area contributed by atoms with Gasteiger partial charge in [-0.25, -0.2) is 9.97 Å². The third-order valence-electron chi connectivity index (χ3n) is 6.03. The first-order chi connectivity index (χ1) is 14.8. The maximum atomic E-state index is 13.1. The van der Waals surface area contributed by atoms with Crippen molar-refractivity contribution in [1.29, 1.82) is 0 Å². The van der Waals surface area contributed by atoms with Crippen molar-refractivity contribution < 1.29 is 4.79 Å². The van der Waals surface area contributed by atoms with Gasteiger partial charge in [0.15, 0.2) is 5.82 Å². The summed E-state index contributed by atoms with van der Waals surface area (Å²) in [4.78, 5) is 27.3. The molecule has 1 amide bonds. The molecule has 5 heteroatoms. The lowest BCUT2D eigenvalue weighted by atomic mass is 10.0. The van der Waals surface area contributed by atoms with E-state index in [9.17, 15) is 4.79 Å². The minimum atomic E-state index is 0.0815. The van der Waals surface area contributed by atoms with Gasteiger partial charge in [-0.3, -0.25) is 4.79 Å². The van der Waals surface area contributed by atoms with Gasteiger partial charge in [-0.05, 0) is 31.4 Å². The lowest BCUT2D eigenvalue weighted by Crippen LogP contribution is -2.39. The van der Waals surface area contributed by atoms with Crippen molar-refractivity contribution in [1.82, 2.24) is 14.9 Å². The molecule has 2 aromatic carbocycles. The van der Waals surface area contributed by atoms with Crippen LogP contribution >= 0.6 is 0 Å². The van der Waals surface area contributed by atoms with E-state index in [1.807, 2.05) is 53.4 Å². The molecule has 3 aromatic rings. The molecule has 1 aromatic heterocycles. The Morgan fingerprint density at radius 2 is 1.50 bits per heavy atom. The second-order valence-corrected chi connectivity index (χ2v) is 8.05. The van der Waals surface area contributed by atoms with E-state index >= 15 is 0 Å². The molecule has 0 saturated carbocycles. The monoisotopic (exact) mass is 398 g/mol. The van der Waals surface area contributed by atoms with Crippen LogP contribution in [0.1, 0.15) is 40.9 Å². The Labute approximate surface area is 177 Å². The molecule has 5 rings (SSSR count). The molecule has 3 heterocycles. The van der Waals surface area contributed by atoms with Gasteiger partial charge in [0, 0.05) is 42.7 Å². The molecule has 0 N–H and O–H groups in total. The van der Waals surface area contributed by atoms with Crippen LogP contribution in [0.3, 0.4) is 0 Å². The Kier molecular flexibility index (Phi) is 5.18. The van der Waals surface area contributed by atoms with Gasteiger partial charge >= 0.3 is 0 Å². The van der Waals surface area contributed by atoms with E-state index in [1.54, 1.807) is 0 Å². The summed E-state index contributed by atoms with van der Waals surface area (Å²) in [6.07, 6.45) is 4.41. The smallest absolute Gasteiger partial charge is 0.254 e. The van der Waals surface area contributed by atoms with Crippen LogP contribution < -0.4 is 4.90 Å². The number of hydrogen-bond acceptors (Lipinski definition) is 4. The quantitative estimate of drug-likeness (QED) is 0.659. The van der Waals surface area contributed by atoms with Crippen molar-refractivity contribution in [2.24, 2.45) is 0 Å². The summed E-state index contributed by atoms with van der Waals surface area (Å²) in [5.41, 5.74) is 3.98. The number of carbonyl (C=O) groups excluding carboxylic acids is 1. The third kappa shape index (κ3) is 3.67. The average Bonchev–Trinajstić information content (AvgIpc) is 2.84. The molecule has 30 heavy (non-hydrogen) atoms. The molecule has 0 spiro atoms. The normalized spacial score (nSPS) is 16.3. The lowest BCUT2D eigenvalue weighted by molar-refractivity contribution is 0.0733. The molecule has 0 radical (unpaired) electrons. The van der Waals surface area contributed by atoms with Crippen LogP contribution in [-0.2, 0) is 13.0 Å². The van der Waals surface area contributed by atoms with Crippen LogP contribution in [0, 0.1) is 0 Å². The second-order valence-electron chi connectivity index (χ2n) is 8.05. The number of aromatic nitrogens is 2. The average molecular weight is 399 g/mol. The topological polar surface area (TPSA) is 49.3 Å². The van der Waals surface area contributed by atoms with Crippen molar-refractivity contribution in [3.05, 3.63) is 77.5 Å². The van der Waals surface area contributed by atoms with Gasteiger partial charge in [-0.15, -0.1) is 0 Å². The molecule has 2 aliphatic heterocycles. The van der Waals surface area contributed by atoms with Crippen molar-refractivity contribution in [2.75, 3.05) is 24.5 Å². The Morgan fingerprint density at radius 1 is 0.800 bits per heavy atom. The highest BCUT2D eigenvalue weighted by molar-refractivity contribution is 5.94. The number of piperidine rings is 1. The highest BCUT2D eigenvalue weighted by Crippen LogP contribution is 2.31. The molecule has 0 unspecified atom stereocenters. The molecule has 0 bridgehead atoms. The lowest BCUT2D eigenvalue weighted by Gasteiger charge is -2.34.